The fourth-order valence-electron chi connectivity index (χ4n) is 3.74. The van der Waals surface area contributed by atoms with Crippen molar-refractivity contribution in [2.24, 2.45) is 0 Å². The van der Waals surface area contributed by atoms with Crippen molar-refractivity contribution < 1.29 is 9.90 Å². The highest BCUT2D eigenvalue weighted by molar-refractivity contribution is 7.22. The molecule has 0 atom stereocenters. The molecule has 0 saturated carbocycles. The van der Waals surface area contributed by atoms with E-state index in [0.717, 1.165) is 60.7 Å². The lowest BCUT2D eigenvalue weighted by atomic mass is 10.1. The Hall–Kier alpha value is -2.75. The van der Waals surface area contributed by atoms with Gasteiger partial charge in [0.1, 0.15) is 16.2 Å². The van der Waals surface area contributed by atoms with Crippen molar-refractivity contribution in [1.29, 1.82) is 0 Å². The van der Waals surface area contributed by atoms with Gasteiger partial charge in [0.2, 0.25) is 0 Å². The van der Waals surface area contributed by atoms with E-state index in [0.29, 0.717) is 11.7 Å². The summed E-state index contributed by atoms with van der Waals surface area (Å²) in [7, 11) is 1.98. The zero-order chi connectivity index (χ0) is 22.5. The number of rotatable bonds is 7. The highest BCUT2D eigenvalue weighted by Crippen LogP contribution is 2.29. The number of aromatic nitrogens is 2. The van der Waals surface area contributed by atoms with Gasteiger partial charge in [-0.05, 0) is 57.0 Å². The van der Waals surface area contributed by atoms with Crippen molar-refractivity contribution >= 4 is 44.4 Å². The van der Waals surface area contributed by atoms with Crippen LogP contribution in [-0.4, -0.2) is 65.3 Å². The quantitative estimate of drug-likeness (QED) is 0.471. The molecule has 8 nitrogen and oxygen atoms in total. The number of aliphatic hydroxyl groups excluding tert-OH is 1. The summed E-state index contributed by atoms with van der Waals surface area (Å²) < 4.78 is 0. The number of pyridine rings is 1. The minimum Gasteiger partial charge on any atom is -0.393 e. The zero-order valence-electron chi connectivity index (χ0n) is 18.5. The number of thiazole rings is 1. The minimum absolute atomic E-state index is 0.155. The number of amides is 2. The summed E-state index contributed by atoms with van der Waals surface area (Å²) in [6.07, 6.45) is 2.39. The molecule has 3 heterocycles. The Morgan fingerprint density at radius 1 is 1.19 bits per heavy atom. The number of fused-ring (bicyclic) bond motifs is 1. The summed E-state index contributed by atoms with van der Waals surface area (Å²) in [6, 6.07) is 11.9. The highest BCUT2D eigenvalue weighted by atomic mass is 32.1. The topological polar surface area (TPSA) is 93.6 Å². The Labute approximate surface area is 192 Å². The molecule has 2 aromatic heterocycles. The number of likely N-dealkylation sites (tertiary alicyclic amines) is 1. The van der Waals surface area contributed by atoms with E-state index in [1.54, 1.807) is 0 Å². The third kappa shape index (κ3) is 5.73. The number of nitrogens with one attached hydrogen (secondary N) is 2. The third-order valence-electron chi connectivity index (χ3n) is 5.72. The molecule has 1 aromatic carbocycles. The van der Waals surface area contributed by atoms with E-state index < -0.39 is 0 Å². The average molecular weight is 455 g/mol. The largest absolute Gasteiger partial charge is 0.393 e. The van der Waals surface area contributed by atoms with Crippen LogP contribution in [0.25, 0.3) is 10.3 Å². The number of nitrogens with zero attached hydrogens (tertiary/aromatic N) is 4. The van der Waals surface area contributed by atoms with Crippen LogP contribution in [0.5, 0.6) is 0 Å². The first-order valence-corrected chi connectivity index (χ1v) is 11.8. The number of aliphatic hydroxyl groups is 1. The van der Waals surface area contributed by atoms with E-state index in [9.17, 15) is 9.90 Å². The van der Waals surface area contributed by atoms with Gasteiger partial charge in [-0.1, -0.05) is 29.0 Å². The molecule has 4 rings (SSSR count). The van der Waals surface area contributed by atoms with E-state index in [2.05, 4.69) is 51.7 Å². The Balaban J connectivity index is 1.28. The molecule has 0 bridgehead atoms. The SMILES string of the molecule is Cc1ccc(N(C)c2ccc3nc(NC(=O)NCCCN4CCC(O)CC4)sc3n2)cc1. The van der Waals surface area contributed by atoms with Gasteiger partial charge in [-0.15, -0.1) is 0 Å². The van der Waals surface area contributed by atoms with Crippen LogP contribution in [-0.2, 0) is 0 Å². The smallest absolute Gasteiger partial charge is 0.321 e. The molecule has 1 fully saturated rings. The molecular formula is C23H30N6O2S. The van der Waals surface area contributed by atoms with Crippen LogP contribution in [0.2, 0.25) is 0 Å². The number of hydrogen-bond donors (Lipinski definition) is 3. The summed E-state index contributed by atoms with van der Waals surface area (Å²) >= 11 is 1.36. The summed E-state index contributed by atoms with van der Waals surface area (Å²) in [5.41, 5.74) is 3.04. The van der Waals surface area contributed by atoms with Crippen LogP contribution in [0.3, 0.4) is 0 Å². The molecular weight excluding hydrogens is 424 g/mol. The molecule has 0 radical (unpaired) electrons. The normalized spacial score (nSPS) is 15.1. The Kier molecular flexibility index (Phi) is 7.19. The van der Waals surface area contributed by atoms with Crippen LogP contribution >= 0.6 is 11.3 Å². The van der Waals surface area contributed by atoms with Crippen LogP contribution in [0, 0.1) is 6.92 Å². The third-order valence-corrected chi connectivity index (χ3v) is 6.60. The van der Waals surface area contributed by atoms with Crippen molar-refractivity contribution in [3.63, 3.8) is 0 Å². The van der Waals surface area contributed by atoms with Gasteiger partial charge in [-0.3, -0.25) is 5.32 Å². The second-order valence-corrected chi connectivity index (χ2v) is 9.19. The molecule has 0 spiro atoms. The average Bonchev–Trinajstić information content (AvgIpc) is 3.19. The number of piperidine rings is 1. The maximum absolute atomic E-state index is 12.2. The molecule has 32 heavy (non-hydrogen) atoms. The van der Waals surface area contributed by atoms with Crippen LogP contribution < -0.4 is 15.5 Å². The molecule has 1 saturated heterocycles. The molecule has 9 heteroatoms. The van der Waals surface area contributed by atoms with Crippen LogP contribution in [0.15, 0.2) is 36.4 Å². The van der Waals surface area contributed by atoms with Crippen LogP contribution in [0.4, 0.5) is 21.4 Å². The first-order chi connectivity index (χ1) is 15.5. The zero-order valence-corrected chi connectivity index (χ0v) is 19.4. The van der Waals surface area contributed by atoms with Gasteiger partial charge in [0, 0.05) is 32.4 Å². The number of benzene rings is 1. The van der Waals surface area contributed by atoms with Gasteiger partial charge < -0.3 is 20.2 Å². The number of urea groups is 1. The van der Waals surface area contributed by atoms with Crippen LogP contribution in [0.1, 0.15) is 24.8 Å². The molecule has 3 aromatic rings. The Morgan fingerprint density at radius 3 is 2.69 bits per heavy atom. The summed E-state index contributed by atoms with van der Waals surface area (Å²) in [5.74, 6) is 0.825. The molecule has 0 aliphatic carbocycles. The lowest BCUT2D eigenvalue weighted by molar-refractivity contribution is 0.0822. The standard InChI is InChI=1S/C23H30N6O2S/c1-16-4-6-17(7-5-16)28(2)20-9-8-19-21(26-20)32-23(25-19)27-22(31)24-12-3-13-29-14-10-18(30)11-15-29/h4-9,18,30H,3,10-15H2,1-2H3,(H2,24,25,27,31). The molecule has 170 valence electrons. The van der Waals surface area contributed by atoms with E-state index in [4.69, 9.17) is 4.98 Å². The maximum atomic E-state index is 12.2. The summed E-state index contributed by atoms with van der Waals surface area (Å²) in [5, 5.41) is 15.8. The van der Waals surface area contributed by atoms with Gasteiger partial charge in [-0.25, -0.2) is 14.8 Å². The molecule has 2 amide bonds. The first-order valence-electron chi connectivity index (χ1n) is 11.0. The Morgan fingerprint density at radius 2 is 1.94 bits per heavy atom. The number of carbonyl (C=O) groups is 1. The van der Waals surface area contributed by atoms with Gasteiger partial charge in [0.15, 0.2) is 5.13 Å². The summed E-state index contributed by atoms with van der Waals surface area (Å²) in [4.78, 5) is 26.6. The lowest BCUT2D eigenvalue weighted by Gasteiger charge is -2.29. The number of anilines is 3. The van der Waals surface area contributed by atoms with Gasteiger partial charge in [0.05, 0.1) is 6.10 Å². The van der Waals surface area contributed by atoms with Gasteiger partial charge in [0.25, 0.3) is 0 Å². The maximum Gasteiger partial charge on any atom is 0.321 e. The predicted molar refractivity (Wildman–Crippen MR) is 130 cm³/mol. The van der Waals surface area contributed by atoms with E-state index >= 15 is 0 Å². The fourth-order valence-corrected chi connectivity index (χ4v) is 4.57. The van der Waals surface area contributed by atoms with Crippen molar-refractivity contribution in [2.45, 2.75) is 32.3 Å². The second-order valence-electron chi connectivity index (χ2n) is 8.21. The molecule has 1 aliphatic rings. The van der Waals surface area contributed by atoms with E-state index in [1.807, 2.05) is 24.1 Å². The Bertz CT molecular complexity index is 1050. The lowest BCUT2D eigenvalue weighted by Crippen LogP contribution is -2.38. The second kappa shape index (κ2) is 10.2. The monoisotopic (exact) mass is 454 g/mol. The van der Waals surface area contributed by atoms with Gasteiger partial charge >= 0.3 is 6.03 Å². The van der Waals surface area contributed by atoms with Crippen molar-refractivity contribution in [3.8, 4) is 0 Å². The van der Waals surface area contributed by atoms with Gasteiger partial charge in [-0.2, -0.15) is 0 Å². The van der Waals surface area contributed by atoms with E-state index in [1.165, 1.54) is 16.9 Å². The van der Waals surface area contributed by atoms with Crippen molar-refractivity contribution in [1.82, 2.24) is 20.2 Å². The fraction of sp³-hybridized carbons (Fsp3) is 0.435. The summed E-state index contributed by atoms with van der Waals surface area (Å²) in [6.45, 7) is 5.44. The molecule has 3 N–H and O–H groups in total. The van der Waals surface area contributed by atoms with Crippen molar-refractivity contribution in [2.75, 3.05) is 43.4 Å². The molecule has 1 aliphatic heterocycles. The predicted octanol–water partition coefficient (Wildman–Crippen LogP) is 3.74. The molecule has 0 unspecified atom stereocenters. The van der Waals surface area contributed by atoms with E-state index in [-0.39, 0.29) is 12.1 Å². The highest BCUT2D eigenvalue weighted by Gasteiger charge is 2.16. The number of aryl methyl sites for hydroxylation is 1. The number of hydrogen-bond acceptors (Lipinski definition) is 7. The first kappa shape index (κ1) is 22.4. The number of carbonyl (C=O) groups excluding carboxylic acids is 1. The minimum atomic E-state index is -0.255. The van der Waals surface area contributed by atoms with Crippen molar-refractivity contribution in [3.05, 3.63) is 42.0 Å².